The van der Waals surface area contributed by atoms with Crippen molar-refractivity contribution in [1.29, 1.82) is 0 Å². The van der Waals surface area contributed by atoms with Crippen molar-refractivity contribution in [3.8, 4) is 16.3 Å². The first-order valence-electron chi connectivity index (χ1n) is 6.44. The smallest absolute Gasteiger partial charge is 0.123 e. The van der Waals surface area contributed by atoms with Crippen molar-refractivity contribution in [2.75, 3.05) is 5.32 Å². The van der Waals surface area contributed by atoms with E-state index in [2.05, 4.69) is 10.3 Å². The maximum absolute atomic E-state index is 9.81. The zero-order chi connectivity index (χ0) is 14.7. The molecule has 0 fully saturated rings. The van der Waals surface area contributed by atoms with E-state index < -0.39 is 0 Å². The predicted octanol–water partition coefficient (Wildman–Crippen LogP) is 4.78. The molecule has 0 saturated carbocycles. The highest BCUT2D eigenvalue weighted by atomic mass is 35.5. The van der Waals surface area contributed by atoms with Crippen molar-refractivity contribution in [1.82, 2.24) is 4.98 Å². The zero-order valence-corrected chi connectivity index (χ0v) is 12.7. The molecule has 1 heterocycles. The van der Waals surface area contributed by atoms with E-state index in [1.165, 1.54) is 0 Å². The second-order valence-corrected chi connectivity index (χ2v) is 5.81. The highest BCUT2D eigenvalue weighted by Gasteiger charge is 2.06. The minimum Gasteiger partial charge on any atom is -0.508 e. The van der Waals surface area contributed by atoms with Crippen LogP contribution in [0.4, 0.5) is 5.69 Å². The van der Waals surface area contributed by atoms with Crippen LogP contribution in [0.3, 0.4) is 0 Å². The van der Waals surface area contributed by atoms with Crippen molar-refractivity contribution in [3.05, 3.63) is 64.6 Å². The minimum absolute atomic E-state index is 0.203. The minimum atomic E-state index is 0.203. The number of hydrogen-bond donors (Lipinski definition) is 2. The first-order valence-corrected chi connectivity index (χ1v) is 7.70. The molecule has 0 atom stereocenters. The van der Waals surface area contributed by atoms with Crippen LogP contribution in [0, 0.1) is 0 Å². The van der Waals surface area contributed by atoms with Gasteiger partial charge in [0.2, 0.25) is 0 Å². The molecule has 2 N–H and O–H groups in total. The molecule has 0 aliphatic carbocycles. The van der Waals surface area contributed by atoms with Gasteiger partial charge in [-0.3, -0.25) is 0 Å². The number of aromatic nitrogens is 1. The fourth-order valence-electron chi connectivity index (χ4n) is 2.01. The molecule has 0 bridgehead atoms. The van der Waals surface area contributed by atoms with Crippen molar-refractivity contribution in [2.45, 2.75) is 6.54 Å². The van der Waals surface area contributed by atoms with E-state index in [0.29, 0.717) is 17.1 Å². The molecular formula is C16H13ClN2OS. The fourth-order valence-corrected chi connectivity index (χ4v) is 2.89. The number of rotatable bonds is 4. The van der Waals surface area contributed by atoms with Gasteiger partial charge in [0.25, 0.3) is 0 Å². The third-order valence-corrected chi connectivity index (χ3v) is 4.30. The standard InChI is InChI=1S/C16H13ClN2OS/c17-14-2-1-3-15(20)13(14)10-19-12-6-4-11(5-7-12)16-18-8-9-21-16/h1-9,19-20H,10H2. The number of phenolic OH excluding ortho intramolecular Hbond substituents is 1. The van der Waals surface area contributed by atoms with Crippen molar-refractivity contribution in [2.24, 2.45) is 0 Å². The summed E-state index contributed by atoms with van der Waals surface area (Å²) in [5.74, 6) is 0.203. The number of halogens is 1. The maximum atomic E-state index is 9.81. The van der Waals surface area contributed by atoms with Gasteiger partial charge >= 0.3 is 0 Å². The Hall–Kier alpha value is -2.04. The second-order valence-electron chi connectivity index (χ2n) is 4.51. The molecular weight excluding hydrogens is 304 g/mol. The van der Waals surface area contributed by atoms with E-state index in [9.17, 15) is 5.11 Å². The molecule has 0 saturated heterocycles. The van der Waals surface area contributed by atoms with Crippen LogP contribution in [0.25, 0.3) is 10.6 Å². The fraction of sp³-hybridized carbons (Fsp3) is 0.0625. The van der Waals surface area contributed by atoms with Gasteiger partial charge in [0.15, 0.2) is 0 Å². The van der Waals surface area contributed by atoms with Crippen LogP contribution in [0.5, 0.6) is 5.75 Å². The summed E-state index contributed by atoms with van der Waals surface area (Å²) in [5, 5.41) is 16.6. The van der Waals surface area contributed by atoms with Crippen LogP contribution in [0.15, 0.2) is 54.0 Å². The number of aromatic hydroxyl groups is 1. The number of nitrogens with one attached hydrogen (secondary N) is 1. The molecule has 0 radical (unpaired) electrons. The van der Waals surface area contributed by atoms with Gasteiger partial charge in [0, 0.05) is 40.0 Å². The van der Waals surface area contributed by atoms with Gasteiger partial charge in [0.05, 0.1) is 0 Å². The number of anilines is 1. The monoisotopic (exact) mass is 316 g/mol. The third-order valence-electron chi connectivity index (χ3n) is 3.13. The van der Waals surface area contributed by atoms with Crippen molar-refractivity contribution in [3.63, 3.8) is 0 Å². The number of hydrogen-bond acceptors (Lipinski definition) is 4. The largest absolute Gasteiger partial charge is 0.508 e. The van der Waals surface area contributed by atoms with Gasteiger partial charge < -0.3 is 10.4 Å². The molecule has 21 heavy (non-hydrogen) atoms. The predicted molar refractivity (Wildman–Crippen MR) is 88.0 cm³/mol. The summed E-state index contributed by atoms with van der Waals surface area (Å²) in [4.78, 5) is 4.28. The van der Waals surface area contributed by atoms with E-state index in [4.69, 9.17) is 11.6 Å². The lowest BCUT2D eigenvalue weighted by atomic mass is 10.2. The average molecular weight is 317 g/mol. The topological polar surface area (TPSA) is 45.1 Å². The Balaban J connectivity index is 1.71. The average Bonchev–Trinajstić information content (AvgIpc) is 3.02. The summed E-state index contributed by atoms with van der Waals surface area (Å²) >= 11 is 7.70. The first-order chi connectivity index (χ1) is 10.2. The first kappa shape index (κ1) is 13.9. The molecule has 1 aromatic heterocycles. The maximum Gasteiger partial charge on any atom is 0.123 e. The van der Waals surface area contributed by atoms with Crippen molar-refractivity contribution < 1.29 is 5.11 Å². The summed E-state index contributed by atoms with van der Waals surface area (Å²) < 4.78 is 0. The zero-order valence-electron chi connectivity index (χ0n) is 11.1. The number of phenols is 1. The SMILES string of the molecule is Oc1cccc(Cl)c1CNc1ccc(-c2nccs2)cc1. The molecule has 0 aliphatic rings. The summed E-state index contributed by atoms with van der Waals surface area (Å²) in [6.07, 6.45) is 1.80. The Morgan fingerprint density at radius 1 is 1.14 bits per heavy atom. The molecule has 0 amide bonds. The van der Waals surface area contributed by atoms with Crippen LogP contribution < -0.4 is 5.32 Å². The molecule has 3 rings (SSSR count). The van der Waals surface area contributed by atoms with Gasteiger partial charge in [0.1, 0.15) is 10.8 Å². The quantitative estimate of drug-likeness (QED) is 0.728. The van der Waals surface area contributed by atoms with Crippen LogP contribution in [-0.2, 0) is 6.54 Å². The second kappa shape index (κ2) is 6.16. The third kappa shape index (κ3) is 3.17. The summed E-state index contributed by atoms with van der Waals surface area (Å²) in [7, 11) is 0. The van der Waals surface area contributed by atoms with Gasteiger partial charge in [-0.1, -0.05) is 17.7 Å². The van der Waals surface area contributed by atoms with Gasteiger partial charge in [-0.2, -0.15) is 0 Å². The van der Waals surface area contributed by atoms with Gasteiger partial charge in [-0.15, -0.1) is 11.3 Å². The Labute approximate surface area is 131 Å². The van der Waals surface area contributed by atoms with E-state index in [1.54, 1.807) is 35.7 Å². The van der Waals surface area contributed by atoms with Crippen LogP contribution in [0.2, 0.25) is 5.02 Å². The molecule has 0 spiro atoms. The molecule has 3 nitrogen and oxygen atoms in total. The van der Waals surface area contributed by atoms with Crippen molar-refractivity contribution >= 4 is 28.6 Å². The van der Waals surface area contributed by atoms with Gasteiger partial charge in [-0.25, -0.2) is 4.98 Å². The summed E-state index contributed by atoms with van der Waals surface area (Å²) in [6.45, 7) is 0.474. The van der Waals surface area contributed by atoms with E-state index in [1.807, 2.05) is 29.6 Å². The van der Waals surface area contributed by atoms with E-state index in [0.717, 1.165) is 16.3 Å². The Morgan fingerprint density at radius 2 is 1.95 bits per heavy atom. The molecule has 2 aromatic carbocycles. The number of benzene rings is 2. The Kier molecular flexibility index (Phi) is 4.08. The lowest BCUT2D eigenvalue weighted by molar-refractivity contribution is 0.469. The molecule has 0 unspecified atom stereocenters. The molecule has 3 aromatic rings. The summed E-state index contributed by atoms with van der Waals surface area (Å²) in [5.41, 5.74) is 2.76. The van der Waals surface area contributed by atoms with E-state index in [-0.39, 0.29) is 5.75 Å². The molecule has 0 aliphatic heterocycles. The van der Waals surface area contributed by atoms with E-state index >= 15 is 0 Å². The van der Waals surface area contributed by atoms with Crippen LogP contribution in [-0.4, -0.2) is 10.1 Å². The normalized spacial score (nSPS) is 10.5. The Bertz CT molecular complexity index is 706. The summed E-state index contributed by atoms with van der Waals surface area (Å²) in [6, 6.07) is 13.2. The van der Waals surface area contributed by atoms with Gasteiger partial charge in [-0.05, 0) is 36.4 Å². The number of nitrogens with zero attached hydrogens (tertiary/aromatic N) is 1. The highest BCUT2D eigenvalue weighted by molar-refractivity contribution is 7.13. The van der Waals surface area contributed by atoms with Crippen LogP contribution >= 0.6 is 22.9 Å². The highest BCUT2D eigenvalue weighted by Crippen LogP contribution is 2.27. The molecule has 5 heteroatoms. The van der Waals surface area contributed by atoms with Crippen LogP contribution in [0.1, 0.15) is 5.56 Å². The lowest BCUT2D eigenvalue weighted by Gasteiger charge is -2.10. The lowest BCUT2D eigenvalue weighted by Crippen LogP contribution is -2.00. The Morgan fingerprint density at radius 3 is 2.62 bits per heavy atom. The number of thiazole rings is 1. The molecule has 106 valence electrons.